The molecule has 0 saturated carbocycles. The van der Waals surface area contributed by atoms with E-state index < -0.39 is 0 Å². The van der Waals surface area contributed by atoms with Crippen molar-refractivity contribution < 1.29 is 14.6 Å². The Morgan fingerprint density at radius 3 is 2.53 bits per heavy atom. The maximum absolute atomic E-state index is 12.5. The topological polar surface area (TPSA) is 80.8 Å². The van der Waals surface area contributed by atoms with Gasteiger partial charge in [-0.15, -0.1) is 24.8 Å². The highest BCUT2D eigenvalue weighted by Gasteiger charge is 2.29. The molecule has 3 aromatic rings. The molecule has 184 valence electrons. The van der Waals surface area contributed by atoms with Crippen LogP contribution in [0.15, 0.2) is 30.3 Å². The molecular formula is C24H29Cl3N4O3. The molecule has 2 aliphatic rings. The molecule has 2 aromatic carbocycles. The lowest BCUT2D eigenvalue weighted by atomic mass is 9.99. The smallest absolute Gasteiger partial charge is 0.252 e. The highest BCUT2D eigenvalue weighted by atomic mass is 35.5. The number of ether oxygens (including phenoxy) is 1. The molecule has 3 heterocycles. The third kappa shape index (κ3) is 5.00. The fourth-order valence-electron chi connectivity index (χ4n) is 4.73. The van der Waals surface area contributed by atoms with Crippen molar-refractivity contribution in [3.8, 4) is 17.0 Å². The molecular weight excluding hydrogens is 499 g/mol. The minimum absolute atomic E-state index is 0. The Labute approximate surface area is 216 Å². The van der Waals surface area contributed by atoms with Crippen LogP contribution in [0.25, 0.3) is 22.2 Å². The number of amides is 1. The van der Waals surface area contributed by atoms with Gasteiger partial charge in [-0.1, -0.05) is 17.7 Å². The largest absolute Gasteiger partial charge is 0.495 e. The molecule has 1 amide bonds. The van der Waals surface area contributed by atoms with Crippen LogP contribution in [0.2, 0.25) is 5.02 Å². The lowest BCUT2D eigenvalue weighted by molar-refractivity contribution is 0.0966. The van der Waals surface area contributed by atoms with Gasteiger partial charge in [-0.3, -0.25) is 14.6 Å². The number of hydrogen-bond donors (Lipinski definition) is 3. The van der Waals surface area contributed by atoms with Crippen molar-refractivity contribution >= 4 is 53.2 Å². The Morgan fingerprint density at radius 2 is 1.82 bits per heavy atom. The SMILES string of the molecule is COc1cc(-c2cc3cc(CN4CCN(CCO)CC4)ccc3[nH]2)c2c(c1Cl)CNC2=O.Cl.Cl. The van der Waals surface area contributed by atoms with Crippen LogP contribution in [0.3, 0.4) is 0 Å². The summed E-state index contributed by atoms with van der Waals surface area (Å²) in [5.41, 5.74) is 5.36. The van der Waals surface area contributed by atoms with E-state index in [-0.39, 0.29) is 37.3 Å². The van der Waals surface area contributed by atoms with Crippen LogP contribution in [0.4, 0.5) is 0 Å². The monoisotopic (exact) mass is 526 g/mol. The van der Waals surface area contributed by atoms with E-state index in [1.165, 1.54) is 5.56 Å². The summed E-state index contributed by atoms with van der Waals surface area (Å²) in [6.07, 6.45) is 0. The molecule has 7 nitrogen and oxygen atoms in total. The number of aliphatic hydroxyl groups excluding tert-OH is 1. The number of aromatic nitrogens is 1. The maximum Gasteiger partial charge on any atom is 0.252 e. The fourth-order valence-corrected chi connectivity index (χ4v) is 5.02. The zero-order valence-corrected chi connectivity index (χ0v) is 21.3. The molecule has 0 spiro atoms. The lowest BCUT2D eigenvalue weighted by Crippen LogP contribution is -2.46. The molecule has 0 atom stereocenters. The van der Waals surface area contributed by atoms with Crippen molar-refractivity contribution in [2.24, 2.45) is 0 Å². The van der Waals surface area contributed by atoms with Gasteiger partial charge in [-0.2, -0.15) is 0 Å². The van der Waals surface area contributed by atoms with Gasteiger partial charge in [-0.25, -0.2) is 0 Å². The van der Waals surface area contributed by atoms with Crippen LogP contribution < -0.4 is 10.1 Å². The van der Waals surface area contributed by atoms with Crippen LogP contribution in [0, 0.1) is 0 Å². The molecule has 2 aliphatic heterocycles. The second kappa shape index (κ2) is 11.2. The molecule has 1 fully saturated rings. The van der Waals surface area contributed by atoms with E-state index >= 15 is 0 Å². The first kappa shape index (κ1) is 26.6. The number of rotatable bonds is 6. The second-order valence-corrected chi connectivity index (χ2v) is 8.80. The third-order valence-electron chi connectivity index (χ3n) is 6.46. The first-order chi connectivity index (χ1) is 15.6. The van der Waals surface area contributed by atoms with E-state index in [1.54, 1.807) is 7.11 Å². The van der Waals surface area contributed by atoms with E-state index in [1.807, 2.05) is 6.07 Å². The number of H-pyrrole nitrogens is 1. The van der Waals surface area contributed by atoms with Gasteiger partial charge in [0.25, 0.3) is 5.91 Å². The number of aromatic amines is 1. The summed E-state index contributed by atoms with van der Waals surface area (Å²) in [4.78, 5) is 20.7. The number of halogens is 3. The molecule has 34 heavy (non-hydrogen) atoms. The summed E-state index contributed by atoms with van der Waals surface area (Å²) in [7, 11) is 1.59. The number of carbonyl (C=O) groups is 1. The number of benzene rings is 2. The van der Waals surface area contributed by atoms with Crippen LogP contribution >= 0.6 is 36.4 Å². The van der Waals surface area contributed by atoms with Gasteiger partial charge in [0.2, 0.25) is 0 Å². The number of nitrogens with zero attached hydrogens (tertiary/aromatic N) is 2. The predicted octanol–water partition coefficient (Wildman–Crippen LogP) is 3.69. The summed E-state index contributed by atoms with van der Waals surface area (Å²) >= 11 is 6.45. The van der Waals surface area contributed by atoms with Crippen molar-refractivity contribution in [2.75, 3.05) is 46.4 Å². The number of nitrogens with one attached hydrogen (secondary N) is 2. The summed E-state index contributed by atoms with van der Waals surface area (Å²) in [5, 5.41) is 13.6. The molecule has 0 aliphatic carbocycles. The fraction of sp³-hybridized carbons (Fsp3) is 0.375. The molecule has 1 saturated heterocycles. The first-order valence-electron chi connectivity index (χ1n) is 10.9. The molecule has 0 unspecified atom stereocenters. The summed E-state index contributed by atoms with van der Waals surface area (Å²) in [5.74, 6) is 0.454. The van der Waals surface area contributed by atoms with Crippen LogP contribution in [0.1, 0.15) is 21.5 Å². The quantitative estimate of drug-likeness (QED) is 0.456. The lowest BCUT2D eigenvalue weighted by Gasteiger charge is -2.34. The molecule has 10 heteroatoms. The van der Waals surface area contributed by atoms with Crippen molar-refractivity contribution in [1.29, 1.82) is 0 Å². The normalized spacial score (nSPS) is 16.0. The predicted molar refractivity (Wildman–Crippen MR) is 140 cm³/mol. The Balaban J connectivity index is 0.00000162. The highest BCUT2D eigenvalue weighted by molar-refractivity contribution is 6.34. The first-order valence-corrected chi connectivity index (χ1v) is 11.3. The number of β-amino-alcohol motifs (C(OH)–C–C–N with tert-alkyl or cyclic N) is 1. The van der Waals surface area contributed by atoms with Crippen molar-refractivity contribution in [1.82, 2.24) is 20.1 Å². The van der Waals surface area contributed by atoms with Gasteiger partial charge in [0, 0.05) is 73.5 Å². The highest BCUT2D eigenvalue weighted by Crippen LogP contribution is 2.40. The zero-order valence-electron chi connectivity index (χ0n) is 18.9. The van der Waals surface area contributed by atoms with Crippen LogP contribution in [0.5, 0.6) is 5.75 Å². The molecule has 5 rings (SSSR count). The van der Waals surface area contributed by atoms with Crippen molar-refractivity contribution in [3.63, 3.8) is 0 Å². The van der Waals surface area contributed by atoms with Gasteiger partial charge in [0.05, 0.1) is 24.3 Å². The Kier molecular flexibility index (Phi) is 8.73. The van der Waals surface area contributed by atoms with Gasteiger partial charge in [0.15, 0.2) is 0 Å². The summed E-state index contributed by atoms with van der Waals surface area (Å²) < 4.78 is 5.46. The maximum atomic E-state index is 12.5. The van der Waals surface area contributed by atoms with E-state index in [2.05, 4.69) is 44.4 Å². The average molecular weight is 528 g/mol. The van der Waals surface area contributed by atoms with Gasteiger partial charge >= 0.3 is 0 Å². The third-order valence-corrected chi connectivity index (χ3v) is 6.88. The van der Waals surface area contributed by atoms with Crippen molar-refractivity contribution in [3.05, 3.63) is 52.0 Å². The van der Waals surface area contributed by atoms with Gasteiger partial charge < -0.3 is 20.1 Å². The Morgan fingerprint density at radius 1 is 1.09 bits per heavy atom. The average Bonchev–Trinajstić information content (AvgIpc) is 3.40. The summed E-state index contributed by atoms with van der Waals surface area (Å²) in [6.45, 7) is 6.26. The zero-order chi connectivity index (χ0) is 22.2. The van der Waals surface area contributed by atoms with E-state index in [0.29, 0.717) is 22.9 Å². The molecule has 3 N–H and O–H groups in total. The Hall–Kier alpha value is -2.00. The minimum atomic E-state index is -0.112. The molecule has 0 bridgehead atoms. The molecule has 0 radical (unpaired) electrons. The van der Waals surface area contributed by atoms with E-state index in [0.717, 1.165) is 67.0 Å². The van der Waals surface area contributed by atoms with Gasteiger partial charge in [0.1, 0.15) is 5.75 Å². The number of aliphatic hydroxyl groups is 1. The van der Waals surface area contributed by atoms with E-state index in [9.17, 15) is 4.79 Å². The van der Waals surface area contributed by atoms with Crippen LogP contribution in [-0.4, -0.2) is 72.2 Å². The Bertz CT molecular complexity index is 1180. The molecule has 1 aromatic heterocycles. The number of hydrogen-bond acceptors (Lipinski definition) is 5. The van der Waals surface area contributed by atoms with Crippen LogP contribution in [-0.2, 0) is 13.1 Å². The minimum Gasteiger partial charge on any atom is -0.495 e. The number of carbonyl (C=O) groups excluding carboxylic acids is 1. The number of fused-ring (bicyclic) bond motifs is 2. The standard InChI is InChI=1S/C24H27ClN4O3.2ClH/c1-32-21-12-17(22-18(23(21)25)13-26-24(22)31)20-11-16-10-15(2-3-19(16)27-20)14-29-6-4-28(5-7-29)8-9-30;;/h2-3,10-12,27,30H,4-9,13-14H2,1H3,(H,26,31);2*1H. The number of piperazine rings is 1. The number of methoxy groups -OCH3 is 1. The summed E-state index contributed by atoms with van der Waals surface area (Å²) in [6, 6.07) is 10.4. The second-order valence-electron chi connectivity index (χ2n) is 8.42. The van der Waals surface area contributed by atoms with Crippen molar-refractivity contribution in [2.45, 2.75) is 13.1 Å². The van der Waals surface area contributed by atoms with Gasteiger partial charge in [-0.05, 0) is 29.8 Å². The van der Waals surface area contributed by atoms with E-state index in [4.69, 9.17) is 21.4 Å².